The van der Waals surface area contributed by atoms with E-state index < -0.39 is 11.9 Å². The summed E-state index contributed by atoms with van der Waals surface area (Å²) in [6, 6.07) is 3.53. The second-order valence-electron chi connectivity index (χ2n) is 2.74. The number of carboxylic acid groups (broad SMARTS) is 1. The van der Waals surface area contributed by atoms with Crippen molar-refractivity contribution in [3.05, 3.63) is 42.2 Å². The molecule has 0 saturated heterocycles. The molecule has 15 heavy (non-hydrogen) atoms. The van der Waals surface area contributed by atoms with Gasteiger partial charge in [-0.1, -0.05) is 0 Å². The highest BCUT2D eigenvalue weighted by Crippen LogP contribution is 1.94. The van der Waals surface area contributed by atoms with Crippen LogP contribution in [0.1, 0.15) is 5.56 Å². The Balaban J connectivity index is 2.38. The second kappa shape index (κ2) is 5.54. The highest BCUT2D eigenvalue weighted by atomic mass is 16.4. The summed E-state index contributed by atoms with van der Waals surface area (Å²) in [5, 5.41) is 10.8. The molecule has 0 atom stereocenters. The van der Waals surface area contributed by atoms with E-state index in [9.17, 15) is 9.59 Å². The quantitative estimate of drug-likeness (QED) is 0.696. The molecule has 1 amide bonds. The lowest BCUT2D eigenvalue weighted by Crippen LogP contribution is -2.20. The molecule has 0 aromatic carbocycles. The maximum atomic E-state index is 11.0. The lowest BCUT2D eigenvalue weighted by atomic mass is 10.3. The van der Waals surface area contributed by atoms with Gasteiger partial charge in [-0.15, -0.1) is 0 Å². The van der Waals surface area contributed by atoms with Gasteiger partial charge in [0.25, 0.3) is 0 Å². The van der Waals surface area contributed by atoms with Crippen molar-refractivity contribution in [1.82, 2.24) is 10.3 Å². The number of carbonyl (C=O) groups excluding carboxylic acids is 1. The van der Waals surface area contributed by atoms with Gasteiger partial charge >= 0.3 is 5.97 Å². The fraction of sp³-hybridized carbons (Fsp3) is 0.100. The van der Waals surface area contributed by atoms with E-state index >= 15 is 0 Å². The number of hydrogen-bond acceptors (Lipinski definition) is 3. The van der Waals surface area contributed by atoms with Crippen LogP contribution in [0.15, 0.2) is 36.7 Å². The van der Waals surface area contributed by atoms with Crippen LogP contribution in [0.5, 0.6) is 0 Å². The van der Waals surface area contributed by atoms with Crippen molar-refractivity contribution in [1.29, 1.82) is 0 Å². The van der Waals surface area contributed by atoms with Crippen LogP contribution in [0, 0.1) is 0 Å². The van der Waals surface area contributed by atoms with Crippen molar-refractivity contribution in [2.45, 2.75) is 6.54 Å². The Morgan fingerprint density at radius 2 is 2.00 bits per heavy atom. The zero-order valence-electron chi connectivity index (χ0n) is 7.88. The number of amides is 1. The maximum Gasteiger partial charge on any atom is 0.328 e. The van der Waals surface area contributed by atoms with E-state index in [2.05, 4.69) is 10.3 Å². The molecule has 1 aromatic heterocycles. The van der Waals surface area contributed by atoms with E-state index in [4.69, 9.17) is 5.11 Å². The Morgan fingerprint density at radius 1 is 1.33 bits per heavy atom. The number of rotatable bonds is 4. The van der Waals surface area contributed by atoms with Crippen LogP contribution in [0.2, 0.25) is 0 Å². The van der Waals surface area contributed by atoms with Crippen LogP contribution in [0.3, 0.4) is 0 Å². The Labute approximate surface area is 86.5 Å². The molecule has 1 heterocycles. The van der Waals surface area contributed by atoms with Crippen LogP contribution in [-0.4, -0.2) is 22.0 Å². The smallest absolute Gasteiger partial charge is 0.328 e. The lowest BCUT2D eigenvalue weighted by molar-refractivity contribution is -0.131. The largest absolute Gasteiger partial charge is 0.478 e. The number of carbonyl (C=O) groups is 2. The fourth-order valence-electron chi connectivity index (χ4n) is 0.896. The highest BCUT2D eigenvalue weighted by molar-refractivity contribution is 5.93. The average Bonchev–Trinajstić information content (AvgIpc) is 2.25. The first-order valence-corrected chi connectivity index (χ1v) is 4.26. The molecule has 1 aromatic rings. The van der Waals surface area contributed by atoms with Crippen LogP contribution in [0.25, 0.3) is 0 Å². The second-order valence-corrected chi connectivity index (χ2v) is 2.74. The van der Waals surface area contributed by atoms with Crippen LogP contribution < -0.4 is 5.32 Å². The third kappa shape index (κ3) is 4.56. The minimum absolute atomic E-state index is 0.352. The van der Waals surface area contributed by atoms with E-state index in [0.29, 0.717) is 6.54 Å². The summed E-state index contributed by atoms with van der Waals surface area (Å²) in [4.78, 5) is 25.0. The minimum atomic E-state index is -1.14. The SMILES string of the molecule is O=C(O)/C=C\C(=O)NCc1ccncc1. The first-order valence-electron chi connectivity index (χ1n) is 4.26. The fourth-order valence-corrected chi connectivity index (χ4v) is 0.896. The molecular weight excluding hydrogens is 196 g/mol. The number of aromatic nitrogens is 1. The van der Waals surface area contributed by atoms with E-state index in [0.717, 1.165) is 17.7 Å². The summed E-state index contributed by atoms with van der Waals surface area (Å²) in [6.45, 7) is 0.352. The van der Waals surface area contributed by atoms with Crippen molar-refractivity contribution in [3.8, 4) is 0 Å². The van der Waals surface area contributed by atoms with Gasteiger partial charge in [-0.2, -0.15) is 0 Å². The van der Waals surface area contributed by atoms with Crippen LogP contribution >= 0.6 is 0 Å². The molecule has 0 aliphatic carbocycles. The molecule has 0 fully saturated rings. The van der Waals surface area contributed by atoms with E-state index in [1.54, 1.807) is 24.5 Å². The summed E-state index contributed by atoms with van der Waals surface area (Å²) < 4.78 is 0. The molecule has 0 saturated carbocycles. The van der Waals surface area contributed by atoms with Gasteiger partial charge in [0.1, 0.15) is 0 Å². The molecule has 5 nitrogen and oxygen atoms in total. The molecule has 0 spiro atoms. The van der Waals surface area contributed by atoms with Crippen molar-refractivity contribution in [2.24, 2.45) is 0 Å². The molecule has 2 N–H and O–H groups in total. The topological polar surface area (TPSA) is 79.3 Å². The molecule has 0 aliphatic rings. The maximum absolute atomic E-state index is 11.0. The van der Waals surface area contributed by atoms with E-state index in [1.807, 2.05) is 0 Å². The predicted octanol–water partition coefficient (Wildman–Crippen LogP) is 0.339. The number of hydrogen-bond donors (Lipinski definition) is 2. The van der Waals surface area contributed by atoms with E-state index in [-0.39, 0.29) is 0 Å². The first kappa shape index (κ1) is 10.9. The Bertz CT molecular complexity index is 374. The summed E-state index contributed by atoms with van der Waals surface area (Å²) in [6.07, 6.45) is 5.01. The Morgan fingerprint density at radius 3 is 2.60 bits per heavy atom. The van der Waals surface area contributed by atoms with Gasteiger partial charge in [0.15, 0.2) is 0 Å². The summed E-state index contributed by atoms with van der Waals surface area (Å²) in [7, 11) is 0. The van der Waals surface area contributed by atoms with Crippen LogP contribution in [0.4, 0.5) is 0 Å². The van der Waals surface area contributed by atoms with Crippen LogP contribution in [-0.2, 0) is 16.1 Å². The monoisotopic (exact) mass is 206 g/mol. The van der Waals surface area contributed by atoms with Gasteiger partial charge in [0.05, 0.1) is 0 Å². The van der Waals surface area contributed by atoms with Crippen molar-refractivity contribution >= 4 is 11.9 Å². The summed E-state index contributed by atoms with van der Waals surface area (Å²) in [5.41, 5.74) is 0.905. The first-order chi connectivity index (χ1) is 7.18. The molecule has 1 rings (SSSR count). The molecule has 0 bridgehead atoms. The average molecular weight is 206 g/mol. The summed E-state index contributed by atoms with van der Waals surface area (Å²) >= 11 is 0. The molecule has 0 unspecified atom stereocenters. The molecule has 0 aliphatic heterocycles. The predicted molar refractivity (Wildman–Crippen MR) is 52.9 cm³/mol. The Hall–Kier alpha value is -2.17. The Kier molecular flexibility index (Phi) is 4.03. The molecular formula is C10H10N2O3. The van der Waals surface area contributed by atoms with Gasteiger partial charge in [-0.25, -0.2) is 4.79 Å². The van der Waals surface area contributed by atoms with Gasteiger partial charge in [0.2, 0.25) is 5.91 Å². The third-order valence-corrected chi connectivity index (χ3v) is 1.59. The van der Waals surface area contributed by atoms with Crippen molar-refractivity contribution in [2.75, 3.05) is 0 Å². The number of nitrogens with one attached hydrogen (secondary N) is 1. The number of nitrogens with zero attached hydrogens (tertiary/aromatic N) is 1. The highest BCUT2D eigenvalue weighted by Gasteiger charge is 1.96. The standard InChI is InChI=1S/C10H10N2O3/c13-9(1-2-10(14)15)12-7-8-3-5-11-6-4-8/h1-6H,7H2,(H,12,13)(H,14,15)/b2-1-. The normalized spacial score (nSPS) is 10.1. The number of carboxylic acids is 1. The van der Waals surface area contributed by atoms with Gasteiger partial charge in [-0.05, 0) is 17.7 Å². The van der Waals surface area contributed by atoms with Gasteiger partial charge in [0, 0.05) is 31.1 Å². The van der Waals surface area contributed by atoms with E-state index in [1.165, 1.54) is 0 Å². The zero-order chi connectivity index (χ0) is 11.1. The number of pyridine rings is 1. The molecule has 0 radical (unpaired) electrons. The number of aliphatic carboxylic acids is 1. The minimum Gasteiger partial charge on any atom is -0.478 e. The summed E-state index contributed by atoms with van der Waals surface area (Å²) in [5.74, 6) is -1.58. The van der Waals surface area contributed by atoms with Crippen molar-refractivity contribution in [3.63, 3.8) is 0 Å². The van der Waals surface area contributed by atoms with Gasteiger partial charge in [-0.3, -0.25) is 9.78 Å². The third-order valence-electron chi connectivity index (χ3n) is 1.59. The lowest BCUT2D eigenvalue weighted by Gasteiger charge is -2.00. The molecule has 5 heteroatoms. The van der Waals surface area contributed by atoms with Crippen molar-refractivity contribution < 1.29 is 14.7 Å². The van der Waals surface area contributed by atoms with Gasteiger partial charge < -0.3 is 10.4 Å². The zero-order valence-corrected chi connectivity index (χ0v) is 7.88. The molecule has 78 valence electrons.